The van der Waals surface area contributed by atoms with Crippen LogP contribution in [0.25, 0.3) is 0 Å². The maximum absolute atomic E-state index is 5.78. The SMILES string of the molecule is CCCNC(C1=CCCCCC1)C1COC(C)C1. The Kier molecular flexibility index (Phi) is 5.71. The third-order valence-electron chi connectivity index (χ3n) is 4.29. The van der Waals surface area contributed by atoms with E-state index in [1.54, 1.807) is 5.57 Å². The summed E-state index contributed by atoms with van der Waals surface area (Å²) in [5.74, 6) is 0.691. The van der Waals surface area contributed by atoms with Crippen molar-refractivity contribution >= 4 is 0 Å². The first kappa shape index (κ1) is 14.1. The highest BCUT2D eigenvalue weighted by Crippen LogP contribution is 2.30. The molecule has 1 N–H and O–H groups in total. The first-order chi connectivity index (χ1) is 8.81. The molecule has 0 aromatic carbocycles. The summed E-state index contributed by atoms with van der Waals surface area (Å²) in [6.45, 7) is 6.53. The molecule has 104 valence electrons. The van der Waals surface area contributed by atoms with E-state index in [1.807, 2.05) is 0 Å². The van der Waals surface area contributed by atoms with E-state index < -0.39 is 0 Å². The van der Waals surface area contributed by atoms with Gasteiger partial charge in [0.1, 0.15) is 0 Å². The van der Waals surface area contributed by atoms with Gasteiger partial charge in [-0.1, -0.05) is 25.0 Å². The topological polar surface area (TPSA) is 21.3 Å². The summed E-state index contributed by atoms with van der Waals surface area (Å²) in [6, 6.07) is 0.577. The Morgan fingerprint density at radius 1 is 1.39 bits per heavy atom. The molecule has 0 spiro atoms. The van der Waals surface area contributed by atoms with E-state index >= 15 is 0 Å². The van der Waals surface area contributed by atoms with Crippen molar-refractivity contribution in [1.82, 2.24) is 5.32 Å². The van der Waals surface area contributed by atoms with Gasteiger partial charge >= 0.3 is 0 Å². The second-order valence-corrected chi connectivity index (χ2v) is 5.95. The summed E-state index contributed by atoms with van der Waals surface area (Å²) in [5.41, 5.74) is 1.67. The van der Waals surface area contributed by atoms with Crippen molar-refractivity contribution in [1.29, 1.82) is 0 Å². The fourth-order valence-corrected chi connectivity index (χ4v) is 3.31. The Bertz CT molecular complexity index is 274. The first-order valence-corrected chi connectivity index (χ1v) is 7.85. The van der Waals surface area contributed by atoms with E-state index in [1.165, 1.54) is 44.9 Å². The monoisotopic (exact) mass is 251 g/mol. The molecule has 1 heterocycles. The Morgan fingerprint density at radius 3 is 3.00 bits per heavy atom. The van der Waals surface area contributed by atoms with Gasteiger partial charge in [0.25, 0.3) is 0 Å². The minimum absolute atomic E-state index is 0.451. The molecule has 0 radical (unpaired) electrons. The third kappa shape index (κ3) is 3.83. The maximum Gasteiger partial charge on any atom is 0.0551 e. The van der Waals surface area contributed by atoms with E-state index in [0.29, 0.717) is 18.1 Å². The van der Waals surface area contributed by atoms with Crippen LogP contribution in [0.15, 0.2) is 11.6 Å². The largest absolute Gasteiger partial charge is 0.378 e. The number of hydrogen-bond acceptors (Lipinski definition) is 2. The van der Waals surface area contributed by atoms with Crippen LogP contribution >= 0.6 is 0 Å². The molecule has 2 aliphatic rings. The Labute approximate surface area is 112 Å². The van der Waals surface area contributed by atoms with Gasteiger partial charge < -0.3 is 10.1 Å². The maximum atomic E-state index is 5.78. The summed E-state index contributed by atoms with van der Waals surface area (Å²) in [6.07, 6.45) is 12.1. The van der Waals surface area contributed by atoms with Crippen LogP contribution < -0.4 is 5.32 Å². The van der Waals surface area contributed by atoms with Crippen LogP contribution in [0.2, 0.25) is 0 Å². The molecule has 2 nitrogen and oxygen atoms in total. The molecule has 1 aliphatic heterocycles. The highest BCUT2D eigenvalue weighted by Gasteiger charge is 2.31. The highest BCUT2D eigenvalue weighted by atomic mass is 16.5. The molecule has 3 atom stereocenters. The number of allylic oxidation sites excluding steroid dienone is 1. The van der Waals surface area contributed by atoms with Gasteiger partial charge in [-0.15, -0.1) is 0 Å². The Hall–Kier alpha value is -0.340. The van der Waals surface area contributed by atoms with Gasteiger partial charge in [0.05, 0.1) is 12.7 Å². The molecule has 0 aromatic heterocycles. The van der Waals surface area contributed by atoms with E-state index in [-0.39, 0.29) is 0 Å². The Morgan fingerprint density at radius 2 is 2.28 bits per heavy atom. The number of nitrogens with one attached hydrogen (secondary N) is 1. The van der Waals surface area contributed by atoms with Crippen molar-refractivity contribution in [3.63, 3.8) is 0 Å². The van der Waals surface area contributed by atoms with Gasteiger partial charge in [-0.2, -0.15) is 0 Å². The number of rotatable bonds is 5. The lowest BCUT2D eigenvalue weighted by atomic mass is 9.88. The zero-order chi connectivity index (χ0) is 12.8. The lowest BCUT2D eigenvalue weighted by Crippen LogP contribution is -2.38. The van der Waals surface area contributed by atoms with Gasteiger partial charge in [-0.3, -0.25) is 0 Å². The molecule has 0 amide bonds. The molecule has 1 aliphatic carbocycles. The molecule has 2 heteroatoms. The van der Waals surface area contributed by atoms with Gasteiger partial charge in [-0.05, 0) is 52.0 Å². The molecule has 3 unspecified atom stereocenters. The van der Waals surface area contributed by atoms with Gasteiger partial charge in [0.15, 0.2) is 0 Å². The van der Waals surface area contributed by atoms with Crippen molar-refractivity contribution in [2.45, 2.75) is 70.9 Å². The van der Waals surface area contributed by atoms with Crippen molar-refractivity contribution in [2.75, 3.05) is 13.2 Å². The summed E-state index contributed by atoms with van der Waals surface area (Å²) in [4.78, 5) is 0. The predicted molar refractivity (Wildman–Crippen MR) is 76.8 cm³/mol. The van der Waals surface area contributed by atoms with Crippen molar-refractivity contribution < 1.29 is 4.74 Å². The molecular formula is C16H29NO. The van der Waals surface area contributed by atoms with E-state index in [9.17, 15) is 0 Å². The van der Waals surface area contributed by atoms with E-state index in [4.69, 9.17) is 4.74 Å². The number of ether oxygens (including phenoxy) is 1. The van der Waals surface area contributed by atoms with Gasteiger partial charge in [0.2, 0.25) is 0 Å². The normalized spacial score (nSPS) is 30.9. The molecule has 18 heavy (non-hydrogen) atoms. The number of hydrogen-bond donors (Lipinski definition) is 1. The van der Waals surface area contributed by atoms with Crippen LogP contribution in [-0.2, 0) is 4.74 Å². The minimum Gasteiger partial charge on any atom is -0.378 e. The van der Waals surface area contributed by atoms with Crippen LogP contribution in [0.5, 0.6) is 0 Å². The summed E-state index contributed by atoms with van der Waals surface area (Å²) in [5, 5.41) is 3.78. The third-order valence-corrected chi connectivity index (χ3v) is 4.29. The van der Waals surface area contributed by atoms with Crippen LogP contribution in [0.3, 0.4) is 0 Å². The van der Waals surface area contributed by atoms with E-state index in [2.05, 4.69) is 25.2 Å². The lowest BCUT2D eigenvalue weighted by Gasteiger charge is -2.26. The zero-order valence-electron chi connectivity index (χ0n) is 12.1. The zero-order valence-corrected chi connectivity index (χ0v) is 12.1. The van der Waals surface area contributed by atoms with Crippen LogP contribution in [0.1, 0.15) is 58.8 Å². The van der Waals surface area contributed by atoms with E-state index in [0.717, 1.165) is 13.2 Å². The molecule has 0 bridgehead atoms. The van der Waals surface area contributed by atoms with Crippen LogP contribution in [0, 0.1) is 5.92 Å². The minimum atomic E-state index is 0.451. The van der Waals surface area contributed by atoms with Gasteiger partial charge in [0, 0.05) is 12.0 Å². The average Bonchev–Trinajstić information content (AvgIpc) is 2.65. The summed E-state index contributed by atoms with van der Waals surface area (Å²) >= 11 is 0. The van der Waals surface area contributed by atoms with Crippen LogP contribution in [0.4, 0.5) is 0 Å². The fraction of sp³-hybridized carbons (Fsp3) is 0.875. The van der Waals surface area contributed by atoms with Crippen molar-refractivity contribution in [3.05, 3.63) is 11.6 Å². The molecule has 1 saturated heterocycles. The van der Waals surface area contributed by atoms with Crippen molar-refractivity contribution in [3.8, 4) is 0 Å². The molecule has 0 aromatic rings. The Balaban J connectivity index is 2.00. The quantitative estimate of drug-likeness (QED) is 0.753. The van der Waals surface area contributed by atoms with Gasteiger partial charge in [-0.25, -0.2) is 0 Å². The smallest absolute Gasteiger partial charge is 0.0551 e. The second-order valence-electron chi connectivity index (χ2n) is 5.95. The average molecular weight is 251 g/mol. The lowest BCUT2D eigenvalue weighted by molar-refractivity contribution is 0.118. The van der Waals surface area contributed by atoms with Crippen molar-refractivity contribution in [2.24, 2.45) is 5.92 Å². The molecular weight excluding hydrogens is 222 g/mol. The highest BCUT2D eigenvalue weighted by molar-refractivity contribution is 5.14. The van der Waals surface area contributed by atoms with Crippen LogP contribution in [-0.4, -0.2) is 25.3 Å². The standard InChI is InChI=1S/C16H29NO/c1-3-10-17-16(15-11-13(2)18-12-15)14-8-6-4-5-7-9-14/h8,13,15-17H,3-7,9-12H2,1-2H3. The summed E-state index contributed by atoms with van der Waals surface area (Å²) < 4.78 is 5.78. The molecule has 0 saturated carbocycles. The summed E-state index contributed by atoms with van der Waals surface area (Å²) in [7, 11) is 0. The fourth-order valence-electron chi connectivity index (χ4n) is 3.31. The molecule has 2 rings (SSSR count). The second kappa shape index (κ2) is 7.30. The molecule has 1 fully saturated rings. The first-order valence-electron chi connectivity index (χ1n) is 7.85. The predicted octanol–water partition coefficient (Wildman–Crippen LogP) is 3.67.